The van der Waals surface area contributed by atoms with Gasteiger partial charge in [-0.05, 0) is 74.8 Å². The second-order valence-corrected chi connectivity index (χ2v) is 12.4. The van der Waals surface area contributed by atoms with Crippen LogP contribution in [0.15, 0.2) is 36.7 Å². The molecule has 4 rings (SSSR count). The van der Waals surface area contributed by atoms with E-state index in [1.807, 2.05) is 13.0 Å². The van der Waals surface area contributed by atoms with Crippen molar-refractivity contribution < 1.29 is 26.7 Å². The number of nitrogens with zero attached hydrogens (tertiary/aromatic N) is 3. The number of aromatic nitrogens is 3. The Hall–Kier alpha value is -2.61. The van der Waals surface area contributed by atoms with Crippen LogP contribution in [-0.2, 0) is 21.8 Å². The number of rotatable bonds is 7. The molecule has 0 saturated heterocycles. The lowest BCUT2D eigenvalue weighted by Gasteiger charge is -2.36. The first-order chi connectivity index (χ1) is 17.2. The van der Waals surface area contributed by atoms with Crippen LogP contribution in [0, 0.1) is 12.8 Å². The topological polar surface area (TPSA) is 117 Å². The Kier molecular flexibility index (Phi) is 7.62. The SMILES string of the molecule is Cc1cc(Nc2nccc(C(F)(F)F)n2)cc(-c2cnc(C(C)(O)C3CCC(NS(C)(=O)=O)CC3)s2)c1. The molecule has 0 aliphatic heterocycles. The van der Waals surface area contributed by atoms with Crippen LogP contribution in [0.3, 0.4) is 0 Å². The van der Waals surface area contributed by atoms with Gasteiger partial charge in [-0.15, -0.1) is 11.3 Å². The molecule has 0 amide bonds. The van der Waals surface area contributed by atoms with Crippen molar-refractivity contribution in [2.75, 3.05) is 11.6 Å². The van der Waals surface area contributed by atoms with E-state index in [1.54, 1.807) is 25.3 Å². The van der Waals surface area contributed by atoms with Gasteiger partial charge in [0.1, 0.15) is 16.3 Å². The summed E-state index contributed by atoms with van der Waals surface area (Å²) in [7, 11) is -3.28. The molecule has 3 aromatic rings. The predicted octanol–water partition coefficient (Wildman–Crippen LogP) is 4.99. The second-order valence-electron chi connectivity index (χ2n) is 9.59. The molecule has 1 atom stereocenters. The molecule has 1 unspecified atom stereocenters. The number of anilines is 2. The summed E-state index contributed by atoms with van der Waals surface area (Å²) in [4.78, 5) is 12.7. The number of halogens is 3. The summed E-state index contributed by atoms with van der Waals surface area (Å²) >= 11 is 1.35. The average Bonchev–Trinajstić information content (AvgIpc) is 3.29. The van der Waals surface area contributed by atoms with E-state index >= 15 is 0 Å². The van der Waals surface area contributed by atoms with E-state index < -0.39 is 27.5 Å². The number of sulfonamides is 1. The molecule has 37 heavy (non-hydrogen) atoms. The van der Waals surface area contributed by atoms with Crippen LogP contribution in [0.2, 0.25) is 0 Å². The molecule has 0 bridgehead atoms. The summed E-state index contributed by atoms with van der Waals surface area (Å²) in [6.45, 7) is 3.60. The van der Waals surface area contributed by atoms with Gasteiger partial charge >= 0.3 is 6.18 Å². The molecule has 3 N–H and O–H groups in total. The summed E-state index contributed by atoms with van der Waals surface area (Å²) in [5.74, 6) is -0.239. The molecule has 1 fully saturated rings. The highest BCUT2D eigenvalue weighted by atomic mass is 32.2. The minimum Gasteiger partial charge on any atom is -0.383 e. The fourth-order valence-corrected chi connectivity index (χ4v) is 6.47. The third-order valence-electron chi connectivity index (χ3n) is 6.41. The number of hydrogen-bond donors (Lipinski definition) is 3. The molecular weight excluding hydrogens is 527 g/mol. The zero-order chi connectivity index (χ0) is 27.0. The highest BCUT2D eigenvalue weighted by Gasteiger charge is 2.39. The van der Waals surface area contributed by atoms with Crippen LogP contribution in [0.25, 0.3) is 10.4 Å². The third kappa shape index (κ3) is 6.83. The molecule has 1 saturated carbocycles. The number of thiazole rings is 1. The van der Waals surface area contributed by atoms with E-state index in [9.17, 15) is 26.7 Å². The highest BCUT2D eigenvalue weighted by Crippen LogP contribution is 2.42. The van der Waals surface area contributed by atoms with E-state index in [0.29, 0.717) is 36.4 Å². The normalized spacial score (nSPS) is 20.4. The van der Waals surface area contributed by atoms with Crippen LogP contribution in [-0.4, -0.2) is 40.8 Å². The van der Waals surface area contributed by atoms with Crippen LogP contribution < -0.4 is 10.0 Å². The quantitative estimate of drug-likeness (QED) is 0.376. The molecule has 2 heterocycles. The number of benzene rings is 1. The molecule has 0 radical (unpaired) electrons. The smallest absolute Gasteiger partial charge is 0.383 e. The predicted molar refractivity (Wildman–Crippen MR) is 136 cm³/mol. The second kappa shape index (κ2) is 10.3. The first-order valence-electron chi connectivity index (χ1n) is 11.7. The summed E-state index contributed by atoms with van der Waals surface area (Å²) in [5.41, 5.74) is -0.0444. The molecule has 1 aliphatic carbocycles. The fourth-order valence-electron chi connectivity index (χ4n) is 4.60. The van der Waals surface area contributed by atoms with E-state index in [1.165, 1.54) is 11.3 Å². The summed E-state index contributed by atoms with van der Waals surface area (Å²) < 4.78 is 64.7. The Morgan fingerprint density at radius 3 is 2.46 bits per heavy atom. The number of alkyl halides is 3. The molecule has 0 spiro atoms. The first-order valence-corrected chi connectivity index (χ1v) is 14.4. The Morgan fingerprint density at radius 2 is 1.81 bits per heavy atom. The van der Waals surface area contributed by atoms with E-state index in [-0.39, 0.29) is 17.9 Å². The lowest BCUT2D eigenvalue weighted by atomic mass is 9.76. The maximum Gasteiger partial charge on any atom is 0.433 e. The van der Waals surface area contributed by atoms with Gasteiger partial charge in [-0.1, -0.05) is 6.07 Å². The zero-order valence-corrected chi connectivity index (χ0v) is 22.1. The maximum atomic E-state index is 13.0. The highest BCUT2D eigenvalue weighted by molar-refractivity contribution is 7.88. The van der Waals surface area contributed by atoms with Gasteiger partial charge in [0.2, 0.25) is 16.0 Å². The van der Waals surface area contributed by atoms with E-state index in [4.69, 9.17) is 0 Å². The van der Waals surface area contributed by atoms with Crippen molar-refractivity contribution in [2.24, 2.45) is 5.92 Å². The van der Waals surface area contributed by atoms with E-state index in [0.717, 1.165) is 34.5 Å². The molecule has 2 aromatic heterocycles. The van der Waals surface area contributed by atoms with Crippen molar-refractivity contribution in [2.45, 2.75) is 57.3 Å². The number of hydrogen-bond acceptors (Lipinski definition) is 8. The van der Waals surface area contributed by atoms with Crippen LogP contribution in [0.5, 0.6) is 0 Å². The van der Waals surface area contributed by atoms with Gasteiger partial charge in [-0.3, -0.25) is 0 Å². The minimum atomic E-state index is -4.57. The molecular formula is C24H28F3N5O3S2. The standard InChI is InChI=1S/C24H28F3N5O3S2/c1-14-10-15(12-18(11-14)30-22-28-9-8-20(31-22)24(25,26)27)19-13-29-21(36-19)23(2,33)16-4-6-17(7-5-16)32-37(3,34)35/h8-13,16-17,32-33H,4-7H2,1-3H3,(H,28,30,31). The average molecular weight is 556 g/mol. The van der Waals surface area contributed by atoms with Gasteiger partial charge < -0.3 is 10.4 Å². The van der Waals surface area contributed by atoms with Crippen molar-refractivity contribution in [1.82, 2.24) is 19.7 Å². The molecule has 1 aromatic carbocycles. The van der Waals surface area contributed by atoms with Crippen molar-refractivity contribution in [3.63, 3.8) is 0 Å². The summed E-state index contributed by atoms with van der Waals surface area (Å²) in [6, 6.07) is 6.14. The molecule has 8 nitrogen and oxygen atoms in total. The minimum absolute atomic E-state index is 0.0723. The largest absolute Gasteiger partial charge is 0.433 e. The van der Waals surface area contributed by atoms with Crippen LogP contribution >= 0.6 is 11.3 Å². The van der Waals surface area contributed by atoms with Gasteiger partial charge in [0.05, 0.1) is 11.1 Å². The molecule has 200 valence electrons. The third-order valence-corrected chi connectivity index (χ3v) is 8.44. The summed E-state index contributed by atoms with van der Waals surface area (Å²) in [6.07, 6.45) is 1.88. The van der Waals surface area contributed by atoms with Gasteiger partial charge in [0, 0.05) is 24.1 Å². The van der Waals surface area contributed by atoms with Crippen molar-refractivity contribution in [3.8, 4) is 10.4 Å². The fraction of sp³-hybridized carbons (Fsp3) is 0.458. The first kappa shape index (κ1) is 27.4. The molecule has 1 aliphatic rings. The lowest BCUT2D eigenvalue weighted by molar-refractivity contribution is -0.141. The van der Waals surface area contributed by atoms with Crippen LogP contribution in [0.4, 0.5) is 24.8 Å². The number of aliphatic hydroxyl groups is 1. The van der Waals surface area contributed by atoms with Crippen molar-refractivity contribution in [3.05, 3.63) is 52.9 Å². The van der Waals surface area contributed by atoms with Crippen LogP contribution in [0.1, 0.15) is 48.9 Å². The monoisotopic (exact) mass is 555 g/mol. The Morgan fingerprint density at radius 1 is 1.11 bits per heavy atom. The number of aryl methyl sites for hydroxylation is 1. The van der Waals surface area contributed by atoms with Gasteiger partial charge in [0.25, 0.3) is 0 Å². The van der Waals surface area contributed by atoms with Gasteiger partial charge in [0.15, 0.2) is 0 Å². The van der Waals surface area contributed by atoms with Crippen molar-refractivity contribution >= 4 is 33.0 Å². The number of nitrogens with one attached hydrogen (secondary N) is 2. The Labute approximate surface area is 217 Å². The zero-order valence-electron chi connectivity index (χ0n) is 20.5. The maximum absolute atomic E-state index is 13.0. The lowest BCUT2D eigenvalue weighted by Crippen LogP contribution is -2.41. The molecule has 13 heteroatoms. The van der Waals surface area contributed by atoms with Gasteiger partial charge in [-0.25, -0.2) is 28.1 Å². The van der Waals surface area contributed by atoms with Crippen molar-refractivity contribution in [1.29, 1.82) is 0 Å². The Balaban J connectivity index is 1.51. The van der Waals surface area contributed by atoms with Gasteiger partial charge in [-0.2, -0.15) is 13.2 Å². The Bertz CT molecular complexity index is 1370. The van der Waals surface area contributed by atoms with E-state index in [2.05, 4.69) is 25.0 Å². The summed E-state index contributed by atoms with van der Waals surface area (Å²) in [5, 5.41) is 14.8.